The number of hydrogen-bond acceptors (Lipinski definition) is 4. The molecule has 0 spiro atoms. The SMILES string of the molecule is CCC(C)NC(=O)N1CCN(CCn2c(C(F)(F)F)nc3cccnc32)CC1. The summed E-state index contributed by atoms with van der Waals surface area (Å²) in [5.74, 6) is -0.923. The molecule has 3 heterocycles. The number of nitrogens with zero attached hydrogens (tertiary/aromatic N) is 5. The minimum Gasteiger partial charge on any atom is -0.336 e. The van der Waals surface area contributed by atoms with E-state index in [2.05, 4.69) is 20.2 Å². The molecule has 2 aromatic rings. The molecule has 0 aromatic carbocycles. The van der Waals surface area contributed by atoms with Crippen LogP contribution in [0.2, 0.25) is 0 Å². The summed E-state index contributed by atoms with van der Waals surface area (Å²) in [5, 5.41) is 2.94. The van der Waals surface area contributed by atoms with Crippen LogP contribution >= 0.6 is 0 Å². The number of aromatic nitrogens is 3. The number of alkyl halides is 3. The third-order valence-corrected chi connectivity index (χ3v) is 5.04. The molecule has 1 fully saturated rings. The van der Waals surface area contributed by atoms with Gasteiger partial charge in [-0.1, -0.05) is 6.92 Å². The molecule has 1 saturated heterocycles. The molecule has 1 aliphatic heterocycles. The van der Waals surface area contributed by atoms with E-state index >= 15 is 0 Å². The lowest BCUT2D eigenvalue weighted by Crippen LogP contribution is -2.53. The highest BCUT2D eigenvalue weighted by molar-refractivity contribution is 5.74. The zero-order valence-electron chi connectivity index (χ0n) is 16.0. The highest BCUT2D eigenvalue weighted by atomic mass is 19.4. The van der Waals surface area contributed by atoms with Crippen LogP contribution in [0.15, 0.2) is 18.3 Å². The van der Waals surface area contributed by atoms with Crippen molar-refractivity contribution < 1.29 is 18.0 Å². The second-order valence-corrected chi connectivity index (χ2v) is 7.02. The molecule has 1 N–H and O–H groups in total. The number of nitrogens with one attached hydrogen (secondary N) is 1. The third kappa shape index (κ3) is 4.54. The molecular formula is C18H25F3N6O. The van der Waals surface area contributed by atoms with Crippen LogP contribution in [0, 0.1) is 0 Å². The van der Waals surface area contributed by atoms with Gasteiger partial charge in [0.2, 0.25) is 5.82 Å². The van der Waals surface area contributed by atoms with Crippen molar-refractivity contribution in [1.29, 1.82) is 0 Å². The molecule has 1 aliphatic rings. The number of carbonyl (C=O) groups excluding carboxylic acids is 1. The minimum atomic E-state index is -4.53. The number of urea groups is 1. The Labute approximate surface area is 161 Å². The van der Waals surface area contributed by atoms with E-state index < -0.39 is 12.0 Å². The summed E-state index contributed by atoms with van der Waals surface area (Å²) in [5.41, 5.74) is 0.475. The molecule has 2 amide bonds. The number of halogens is 3. The standard InChI is InChI=1S/C18H25F3N6O/c1-3-13(2)23-17(28)26-10-7-25(8-11-26)9-12-27-15-14(5-4-6-22-15)24-16(27)18(19,20)21/h4-6,13H,3,7-12H2,1-2H3,(H,23,28). The summed E-state index contributed by atoms with van der Waals surface area (Å²) < 4.78 is 41.2. The predicted octanol–water partition coefficient (Wildman–Crippen LogP) is 2.58. The zero-order valence-corrected chi connectivity index (χ0v) is 16.0. The summed E-state index contributed by atoms with van der Waals surface area (Å²) >= 11 is 0. The third-order valence-electron chi connectivity index (χ3n) is 5.04. The number of piperazine rings is 1. The van der Waals surface area contributed by atoms with Crippen LogP contribution in [0.4, 0.5) is 18.0 Å². The Kier molecular flexibility index (Phi) is 6.07. The van der Waals surface area contributed by atoms with Crippen LogP contribution in [0.1, 0.15) is 26.1 Å². The predicted molar refractivity (Wildman–Crippen MR) is 98.8 cm³/mol. The Balaban J connectivity index is 1.61. The molecule has 1 unspecified atom stereocenters. The number of carbonyl (C=O) groups is 1. The van der Waals surface area contributed by atoms with E-state index in [1.165, 1.54) is 12.3 Å². The largest absolute Gasteiger partial charge is 0.449 e. The van der Waals surface area contributed by atoms with Crippen molar-refractivity contribution in [3.8, 4) is 0 Å². The molecule has 28 heavy (non-hydrogen) atoms. The summed E-state index contributed by atoms with van der Waals surface area (Å²) in [7, 11) is 0. The van der Waals surface area contributed by atoms with Gasteiger partial charge >= 0.3 is 12.2 Å². The molecule has 1 atom stereocenters. The van der Waals surface area contributed by atoms with Crippen molar-refractivity contribution in [2.24, 2.45) is 0 Å². The van der Waals surface area contributed by atoms with Crippen molar-refractivity contribution in [3.05, 3.63) is 24.2 Å². The van der Waals surface area contributed by atoms with Crippen LogP contribution in [0.5, 0.6) is 0 Å². The van der Waals surface area contributed by atoms with Gasteiger partial charge in [-0.15, -0.1) is 0 Å². The summed E-state index contributed by atoms with van der Waals surface area (Å²) in [6, 6.07) is 3.14. The van der Waals surface area contributed by atoms with Crippen molar-refractivity contribution in [1.82, 2.24) is 29.7 Å². The van der Waals surface area contributed by atoms with Crippen LogP contribution in [-0.2, 0) is 12.7 Å². The van der Waals surface area contributed by atoms with Gasteiger partial charge in [-0.05, 0) is 25.5 Å². The first-order valence-corrected chi connectivity index (χ1v) is 9.45. The molecular weight excluding hydrogens is 373 g/mol. The lowest BCUT2D eigenvalue weighted by atomic mass is 10.2. The first-order chi connectivity index (χ1) is 13.3. The average molecular weight is 398 g/mol. The number of rotatable bonds is 5. The normalized spacial score (nSPS) is 17.1. The van der Waals surface area contributed by atoms with E-state index in [9.17, 15) is 18.0 Å². The summed E-state index contributed by atoms with van der Waals surface area (Å²) in [6.07, 6.45) is -2.21. The fourth-order valence-corrected chi connectivity index (χ4v) is 3.21. The number of amides is 2. The molecule has 0 aliphatic carbocycles. The van der Waals surface area contributed by atoms with Gasteiger partial charge in [0.05, 0.1) is 0 Å². The van der Waals surface area contributed by atoms with Crippen LogP contribution in [-0.4, -0.2) is 69.1 Å². The van der Waals surface area contributed by atoms with E-state index in [4.69, 9.17) is 0 Å². The highest BCUT2D eigenvalue weighted by Gasteiger charge is 2.38. The zero-order chi connectivity index (χ0) is 20.3. The fraction of sp³-hybridized carbons (Fsp3) is 0.611. The maximum Gasteiger partial charge on any atom is 0.449 e. The second-order valence-electron chi connectivity index (χ2n) is 7.02. The van der Waals surface area contributed by atoms with Crippen LogP contribution in [0.25, 0.3) is 11.2 Å². The van der Waals surface area contributed by atoms with Gasteiger partial charge in [0.1, 0.15) is 5.52 Å². The minimum absolute atomic E-state index is 0.0850. The van der Waals surface area contributed by atoms with Crippen molar-refractivity contribution >= 4 is 17.2 Å². The molecule has 154 valence electrons. The Hall–Kier alpha value is -2.36. The smallest absolute Gasteiger partial charge is 0.336 e. The molecule has 7 nitrogen and oxygen atoms in total. The summed E-state index contributed by atoms with van der Waals surface area (Å²) in [6.45, 7) is 6.88. The van der Waals surface area contributed by atoms with E-state index in [-0.39, 0.29) is 29.8 Å². The van der Waals surface area contributed by atoms with Gasteiger partial charge in [0, 0.05) is 51.5 Å². The van der Waals surface area contributed by atoms with E-state index in [1.807, 2.05) is 13.8 Å². The van der Waals surface area contributed by atoms with Gasteiger partial charge in [0.25, 0.3) is 0 Å². The maximum atomic E-state index is 13.3. The van der Waals surface area contributed by atoms with Gasteiger partial charge in [0.15, 0.2) is 5.65 Å². The molecule has 3 rings (SSSR count). The van der Waals surface area contributed by atoms with Crippen molar-refractivity contribution in [2.75, 3.05) is 32.7 Å². The lowest BCUT2D eigenvalue weighted by Gasteiger charge is -2.35. The van der Waals surface area contributed by atoms with Gasteiger partial charge < -0.3 is 14.8 Å². The summed E-state index contributed by atoms with van der Waals surface area (Å²) in [4.78, 5) is 23.8. The van der Waals surface area contributed by atoms with Crippen molar-refractivity contribution in [2.45, 2.75) is 39.0 Å². The topological polar surface area (TPSA) is 66.3 Å². The monoisotopic (exact) mass is 398 g/mol. The molecule has 0 radical (unpaired) electrons. The second kappa shape index (κ2) is 8.34. The van der Waals surface area contributed by atoms with Crippen LogP contribution in [0.3, 0.4) is 0 Å². The number of fused-ring (bicyclic) bond motifs is 1. The van der Waals surface area contributed by atoms with Crippen molar-refractivity contribution in [3.63, 3.8) is 0 Å². The Morgan fingerprint density at radius 2 is 1.96 bits per heavy atom. The Morgan fingerprint density at radius 3 is 2.61 bits per heavy atom. The molecule has 2 aromatic heterocycles. The molecule has 10 heteroatoms. The van der Waals surface area contributed by atoms with Gasteiger partial charge in [-0.25, -0.2) is 14.8 Å². The van der Waals surface area contributed by atoms with E-state index in [0.29, 0.717) is 32.7 Å². The van der Waals surface area contributed by atoms with Gasteiger partial charge in [-0.3, -0.25) is 4.90 Å². The maximum absolute atomic E-state index is 13.3. The van der Waals surface area contributed by atoms with Gasteiger partial charge in [-0.2, -0.15) is 13.2 Å². The molecule has 0 bridgehead atoms. The van der Waals surface area contributed by atoms with E-state index in [0.717, 1.165) is 11.0 Å². The molecule has 0 saturated carbocycles. The fourth-order valence-electron chi connectivity index (χ4n) is 3.21. The first kappa shape index (κ1) is 20.4. The first-order valence-electron chi connectivity index (χ1n) is 9.45. The number of imidazole rings is 1. The Morgan fingerprint density at radius 1 is 1.25 bits per heavy atom. The Bertz CT molecular complexity index is 813. The van der Waals surface area contributed by atoms with Crippen LogP contribution < -0.4 is 5.32 Å². The average Bonchev–Trinajstić information content (AvgIpc) is 3.05. The highest BCUT2D eigenvalue weighted by Crippen LogP contribution is 2.30. The number of hydrogen-bond donors (Lipinski definition) is 1. The quantitative estimate of drug-likeness (QED) is 0.841. The van der Waals surface area contributed by atoms with E-state index in [1.54, 1.807) is 11.0 Å². The lowest BCUT2D eigenvalue weighted by molar-refractivity contribution is -0.147. The number of pyridine rings is 1.